The van der Waals surface area contributed by atoms with Crippen molar-refractivity contribution in [3.63, 3.8) is 0 Å². The first kappa shape index (κ1) is 16.0. The van der Waals surface area contributed by atoms with Gasteiger partial charge in [0, 0.05) is 6.08 Å². The third-order valence-corrected chi connectivity index (χ3v) is 6.29. The Hall–Kier alpha value is -2.85. The van der Waals surface area contributed by atoms with Gasteiger partial charge in [0.15, 0.2) is 11.5 Å². The standard InChI is InChI=1S/C14H10N4O4S2/c19-11(8-12(20)13-15-17-18-16-13)10-6-7-23-14(10)24(21,22)9-4-2-1-3-5-9/h1-8,20H,(H,15,16,17,18). The fourth-order valence-electron chi connectivity index (χ4n) is 1.93. The number of thiophene rings is 1. The number of nitrogens with zero attached hydrogens (tertiary/aromatic N) is 3. The van der Waals surface area contributed by atoms with Gasteiger partial charge in [-0.2, -0.15) is 5.21 Å². The van der Waals surface area contributed by atoms with Crippen molar-refractivity contribution in [2.24, 2.45) is 0 Å². The largest absolute Gasteiger partial charge is 0.504 e. The van der Waals surface area contributed by atoms with E-state index in [1.807, 2.05) is 0 Å². The van der Waals surface area contributed by atoms with Gasteiger partial charge in [-0.1, -0.05) is 18.2 Å². The molecule has 10 heteroatoms. The first-order chi connectivity index (χ1) is 11.5. The molecule has 0 saturated heterocycles. The van der Waals surface area contributed by atoms with E-state index < -0.39 is 21.4 Å². The minimum atomic E-state index is -3.82. The van der Waals surface area contributed by atoms with Gasteiger partial charge in [-0.15, -0.1) is 21.5 Å². The molecule has 0 aliphatic carbocycles. The van der Waals surface area contributed by atoms with Crippen LogP contribution in [0.4, 0.5) is 0 Å². The Morgan fingerprint density at radius 2 is 1.96 bits per heavy atom. The molecule has 24 heavy (non-hydrogen) atoms. The van der Waals surface area contributed by atoms with Crippen LogP contribution in [0.3, 0.4) is 0 Å². The van der Waals surface area contributed by atoms with Crippen LogP contribution in [0.25, 0.3) is 5.76 Å². The molecule has 122 valence electrons. The molecule has 0 amide bonds. The molecule has 8 nitrogen and oxygen atoms in total. The highest BCUT2D eigenvalue weighted by molar-refractivity contribution is 7.93. The smallest absolute Gasteiger partial charge is 0.239 e. The predicted molar refractivity (Wildman–Crippen MR) is 85.3 cm³/mol. The predicted octanol–water partition coefficient (Wildman–Crippen LogP) is 1.88. The van der Waals surface area contributed by atoms with Gasteiger partial charge in [-0.05, 0) is 28.8 Å². The monoisotopic (exact) mass is 362 g/mol. The first-order valence-electron chi connectivity index (χ1n) is 6.56. The van der Waals surface area contributed by atoms with Crippen LogP contribution in [0, 0.1) is 0 Å². The fourth-order valence-corrected chi connectivity index (χ4v) is 4.70. The number of benzene rings is 1. The number of aliphatic hydroxyl groups is 1. The van der Waals surface area contributed by atoms with E-state index in [0.29, 0.717) is 0 Å². The Morgan fingerprint density at radius 1 is 1.21 bits per heavy atom. The third-order valence-electron chi connectivity index (χ3n) is 3.03. The molecule has 0 saturated carbocycles. The van der Waals surface area contributed by atoms with E-state index in [2.05, 4.69) is 20.6 Å². The number of tetrazole rings is 1. The summed E-state index contributed by atoms with van der Waals surface area (Å²) < 4.78 is 25.3. The summed E-state index contributed by atoms with van der Waals surface area (Å²) in [7, 11) is -3.82. The zero-order chi connectivity index (χ0) is 17.2. The van der Waals surface area contributed by atoms with Crippen LogP contribution in [-0.4, -0.2) is 39.9 Å². The SMILES string of the molecule is O=C(C=C(O)c1nn[nH]n1)c1ccsc1S(=O)(=O)c1ccccc1. The number of hydrogen-bond donors (Lipinski definition) is 2. The van der Waals surface area contributed by atoms with Crippen LogP contribution in [0.2, 0.25) is 0 Å². The van der Waals surface area contributed by atoms with E-state index in [0.717, 1.165) is 17.4 Å². The summed E-state index contributed by atoms with van der Waals surface area (Å²) in [5, 5.41) is 23.8. The van der Waals surface area contributed by atoms with Crippen LogP contribution in [0.5, 0.6) is 0 Å². The number of aromatic nitrogens is 4. The maximum atomic E-state index is 12.7. The third kappa shape index (κ3) is 2.96. The van der Waals surface area contributed by atoms with Crippen molar-refractivity contribution in [3.05, 3.63) is 59.2 Å². The van der Waals surface area contributed by atoms with Crippen molar-refractivity contribution in [2.75, 3.05) is 0 Å². The van der Waals surface area contributed by atoms with Crippen LogP contribution in [0.1, 0.15) is 16.2 Å². The summed E-state index contributed by atoms with van der Waals surface area (Å²) in [6.07, 6.45) is 0.858. The van der Waals surface area contributed by atoms with Gasteiger partial charge < -0.3 is 5.11 Å². The lowest BCUT2D eigenvalue weighted by Crippen LogP contribution is -2.06. The first-order valence-corrected chi connectivity index (χ1v) is 8.93. The van der Waals surface area contributed by atoms with Crippen LogP contribution in [0.15, 0.2) is 57.0 Å². The quantitative estimate of drug-likeness (QED) is 0.403. The van der Waals surface area contributed by atoms with E-state index in [1.165, 1.54) is 23.6 Å². The van der Waals surface area contributed by atoms with Gasteiger partial charge in [-0.25, -0.2) is 8.42 Å². The van der Waals surface area contributed by atoms with Crippen molar-refractivity contribution in [2.45, 2.75) is 9.10 Å². The molecule has 3 aromatic rings. The summed E-state index contributed by atoms with van der Waals surface area (Å²) in [5.41, 5.74) is -0.0288. The molecule has 3 rings (SSSR count). The highest BCUT2D eigenvalue weighted by Crippen LogP contribution is 2.29. The minimum Gasteiger partial charge on any atom is -0.504 e. The van der Waals surface area contributed by atoms with Crippen molar-refractivity contribution in [1.29, 1.82) is 0 Å². The normalized spacial score (nSPS) is 12.2. The Balaban J connectivity index is 1.99. The maximum Gasteiger partial charge on any atom is 0.239 e. The average molecular weight is 362 g/mol. The van der Waals surface area contributed by atoms with E-state index in [4.69, 9.17) is 0 Å². The molecule has 0 spiro atoms. The van der Waals surface area contributed by atoms with Crippen LogP contribution >= 0.6 is 11.3 Å². The number of carbonyl (C=O) groups is 1. The number of sulfone groups is 1. The van der Waals surface area contributed by atoms with Crippen LogP contribution in [-0.2, 0) is 9.84 Å². The van der Waals surface area contributed by atoms with Gasteiger partial charge in [0.25, 0.3) is 0 Å². The molecule has 0 aliphatic heterocycles. The number of hydrogen-bond acceptors (Lipinski definition) is 8. The Kier molecular flexibility index (Phi) is 4.23. The zero-order valence-electron chi connectivity index (χ0n) is 11.9. The number of aliphatic hydroxyl groups excluding tert-OH is 1. The molecule has 2 heterocycles. The molecule has 0 radical (unpaired) electrons. The van der Waals surface area contributed by atoms with Crippen molar-refractivity contribution in [1.82, 2.24) is 20.6 Å². The Labute approximate surface area is 140 Å². The lowest BCUT2D eigenvalue weighted by Gasteiger charge is -2.04. The second-order valence-electron chi connectivity index (χ2n) is 4.57. The van der Waals surface area contributed by atoms with Crippen molar-refractivity contribution in [3.8, 4) is 0 Å². The van der Waals surface area contributed by atoms with Crippen molar-refractivity contribution >= 4 is 32.7 Å². The zero-order valence-corrected chi connectivity index (χ0v) is 13.6. The van der Waals surface area contributed by atoms with E-state index >= 15 is 0 Å². The summed E-state index contributed by atoms with van der Waals surface area (Å²) in [6.45, 7) is 0. The molecule has 0 atom stereocenters. The van der Waals surface area contributed by atoms with Gasteiger partial charge in [-0.3, -0.25) is 4.79 Å². The molecular weight excluding hydrogens is 352 g/mol. The number of nitrogens with one attached hydrogen (secondary N) is 1. The van der Waals surface area contributed by atoms with Gasteiger partial charge in [0.1, 0.15) is 4.21 Å². The fraction of sp³-hybridized carbons (Fsp3) is 0. The summed E-state index contributed by atoms with van der Waals surface area (Å²) in [5.74, 6) is -1.35. The number of ketones is 1. The van der Waals surface area contributed by atoms with Gasteiger partial charge in [0.05, 0.1) is 10.5 Å². The average Bonchev–Trinajstić information content (AvgIpc) is 3.27. The molecule has 0 aliphatic rings. The number of allylic oxidation sites excluding steroid dienone is 1. The summed E-state index contributed by atoms with van der Waals surface area (Å²) >= 11 is 0.935. The molecule has 0 unspecified atom stereocenters. The second kappa shape index (κ2) is 6.34. The number of rotatable bonds is 5. The van der Waals surface area contributed by atoms with Gasteiger partial charge >= 0.3 is 0 Å². The highest BCUT2D eigenvalue weighted by atomic mass is 32.2. The second-order valence-corrected chi connectivity index (χ2v) is 7.63. The Morgan fingerprint density at radius 3 is 2.62 bits per heavy atom. The van der Waals surface area contributed by atoms with Gasteiger partial charge in [0.2, 0.25) is 15.7 Å². The van der Waals surface area contributed by atoms with E-state index in [-0.39, 0.29) is 20.5 Å². The molecule has 2 aromatic heterocycles. The topological polar surface area (TPSA) is 126 Å². The minimum absolute atomic E-state index is 0.0288. The molecular formula is C14H10N4O4S2. The highest BCUT2D eigenvalue weighted by Gasteiger charge is 2.25. The number of H-pyrrole nitrogens is 1. The Bertz CT molecular complexity index is 993. The lowest BCUT2D eigenvalue weighted by atomic mass is 10.2. The molecule has 0 fully saturated rings. The maximum absolute atomic E-state index is 12.7. The number of aromatic amines is 1. The van der Waals surface area contributed by atoms with E-state index in [9.17, 15) is 18.3 Å². The van der Waals surface area contributed by atoms with Crippen LogP contribution < -0.4 is 0 Å². The number of carbonyl (C=O) groups excluding carboxylic acids is 1. The molecule has 0 bridgehead atoms. The summed E-state index contributed by atoms with van der Waals surface area (Å²) in [4.78, 5) is 12.4. The summed E-state index contributed by atoms with van der Waals surface area (Å²) in [6, 6.07) is 9.20. The van der Waals surface area contributed by atoms with E-state index in [1.54, 1.807) is 18.2 Å². The lowest BCUT2D eigenvalue weighted by molar-refractivity contribution is 0.104. The molecule has 1 aromatic carbocycles. The van der Waals surface area contributed by atoms with Crippen molar-refractivity contribution < 1.29 is 18.3 Å². The molecule has 2 N–H and O–H groups in total.